The molecule has 3 heterocycles. The Morgan fingerprint density at radius 3 is 2.91 bits per heavy atom. The summed E-state index contributed by atoms with van der Waals surface area (Å²) in [5.41, 5.74) is 3.33. The van der Waals surface area contributed by atoms with Crippen molar-refractivity contribution >= 4 is 32.6 Å². The number of fused-ring (bicyclic) bond motifs is 3. The molecule has 0 aliphatic carbocycles. The number of imidazole rings is 1. The third-order valence-corrected chi connectivity index (χ3v) is 4.96. The monoisotopic (exact) mass is 317 g/mol. The molecular weight excluding hydrogens is 294 g/mol. The topological polar surface area (TPSA) is 50.9 Å². The maximum atomic E-state index is 8.95. The van der Waals surface area contributed by atoms with E-state index >= 15 is 0 Å². The van der Waals surface area contributed by atoms with Crippen molar-refractivity contribution in [1.82, 2.24) is 14.5 Å². The van der Waals surface area contributed by atoms with E-state index in [2.05, 4.69) is 27.9 Å². The Morgan fingerprint density at radius 2 is 2.09 bits per heavy atom. The minimum absolute atomic E-state index is 0.284. The van der Waals surface area contributed by atoms with E-state index in [1.807, 2.05) is 6.20 Å². The molecule has 3 aromatic heterocycles. The Balaban J connectivity index is 2.00. The van der Waals surface area contributed by atoms with Crippen LogP contribution in [0.4, 0.5) is 0 Å². The van der Waals surface area contributed by atoms with Gasteiger partial charge in [-0.25, -0.2) is 4.98 Å². The van der Waals surface area contributed by atoms with Gasteiger partial charge in [-0.05, 0) is 37.1 Å². The quantitative estimate of drug-likeness (QED) is 0.635. The third-order valence-electron chi connectivity index (χ3n) is 4.05. The summed E-state index contributed by atoms with van der Waals surface area (Å²) < 4.78 is 3.64. The molecule has 0 saturated heterocycles. The number of aromatic nitrogens is 3. The summed E-state index contributed by atoms with van der Waals surface area (Å²) in [5, 5.41) is 11.1. The van der Waals surface area contributed by atoms with Gasteiger partial charge >= 0.3 is 0 Å². The second-order valence-electron chi connectivity index (χ2n) is 5.69. The fraction of sp³-hybridized carbons (Fsp3) is 0.529. The molecule has 0 fully saturated rings. The summed E-state index contributed by atoms with van der Waals surface area (Å²) in [6.45, 7) is 3.48. The highest BCUT2D eigenvalue weighted by molar-refractivity contribution is 7.18. The van der Waals surface area contributed by atoms with E-state index in [1.54, 1.807) is 11.3 Å². The SMILES string of the molecule is CCCCc1nc2cnc3ccsc3c2n1CCCCCO. The molecule has 0 atom stereocenters. The molecule has 0 aliphatic rings. The number of aryl methyl sites for hydroxylation is 2. The molecule has 118 valence electrons. The second kappa shape index (κ2) is 7.20. The van der Waals surface area contributed by atoms with Crippen molar-refractivity contribution < 1.29 is 5.11 Å². The highest BCUT2D eigenvalue weighted by atomic mass is 32.1. The normalized spacial score (nSPS) is 11.7. The summed E-state index contributed by atoms with van der Waals surface area (Å²) in [5.74, 6) is 1.18. The molecule has 0 unspecified atom stereocenters. The van der Waals surface area contributed by atoms with Crippen LogP contribution >= 0.6 is 11.3 Å². The van der Waals surface area contributed by atoms with Crippen LogP contribution in [-0.4, -0.2) is 26.2 Å². The first-order chi connectivity index (χ1) is 10.8. The molecule has 3 aromatic rings. The predicted molar refractivity (Wildman–Crippen MR) is 92.5 cm³/mol. The van der Waals surface area contributed by atoms with Crippen molar-refractivity contribution in [2.45, 2.75) is 52.0 Å². The van der Waals surface area contributed by atoms with Crippen LogP contribution in [0.25, 0.3) is 21.3 Å². The van der Waals surface area contributed by atoms with Crippen molar-refractivity contribution in [3.63, 3.8) is 0 Å². The van der Waals surface area contributed by atoms with E-state index in [0.717, 1.165) is 43.3 Å². The van der Waals surface area contributed by atoms with Gasteiger partial charge in [0.25, 0.3) is 0 Å². The fourth-order valence-corrected chi connectivity index (χ4v) is 3.79. The Hall–Kier alpha value is -1.46. The minimum Gasteiger partial charge on any atom is -0.396 e. The average Bonchev–Trinajstić information content (AvgIpc) is 3.13. The Morgan fingerprint density at radius 1 is 1.18 bits per heavy atom. The van der Waals surface area contributed by atoms with Gasteiger partial charge in [-0.1, -0.05) is 13.3 Å². The molecule has 0 aliphatic heterocycles. The molecule has 5 heteroatoms. The summed E-state index contributed by atoms with van der Waals surface area (Å²) in [7, 11) is 0. The van der Waals surface area contributed by atoms with Crippen molar-refractivity contribution in [3.05, 3.63) is 23.5 Å². The number of nitrogens with zero attached hydrogens (tertiary/aromatic N) is 3. The van der Waals surface area contributed by atoms with Crippen LogP contribution in [0, 0.1) is 0 Å². The maximum Gasteiger partial charge on any atom is 0.109 e. The van der Waals surface area contributed by atoms with Crippen molar-refractivity contribution in [3.8, 4) is 0 Å². The molecule has 0 spiro atoms. The molecule has 0 amide bonds. The highest BCUT2D eigenvalue weighted by Crippen LogP contribution is 2.29. The summed E-state index contributed by atoms with van der Waals surface area (Å²) >= 11 is 1.75. The maximum absolute atomic E-state index is 8.95. The number of pyridine rings is 1. The molecule has 1 N–H and O–H groups in total. The number of hydrogen-bond acceptors (Lipinski definition) is 4. The molecule has 4 nitrogen and oxygen atoms in total. The Labute approximate surface area is 134 Å². The van der Waals surface area contributed by atoms with Crippen LogP contribution in [0.15, 0.2) is 17.6 Å². The van der Waals surface area contributed by atoms with E-state index in [1.165, 1.54) is 28.9 Å². The lowest BCUT2D eigenvalue weighted by Gasteiger charge is -2.09. The standard InChI is InChI=1S/C17H23N3OS/c1-2-3-7-15-19-14-12-18-13-8-11-22-17(13)16(14)20(15)9-5-4-6-10-21/h8,11-12,21H,2-7,9-10H2,1H3. The van der Waals surface area contributed by atoms with E-state index in [9.17, 15) is 0 Å². The van der Waals surface area contributed by atoms with E-state index in [-0.39, 0.29) is 6.61 Å². The highest BCUT2D eigenvalue weighted by Gasteiger charge is 2.14. The van der Waals surface area contributed by atoms with Crippen LogP contribution in [-0.2, 0) is 13.0 Å². The van der Waals surface area contributed by atoms with Crippen LogP contribution in [0.5, 0.6) is 0 Å². The van der Waals surface area contributed by atoms with Gasteiger partial charge in [0.1, 0.15) is 11.3 Å². The summed E-state index contributed by atoms with van der Waals surface area (Å²) in [6, 6.07) is 2.08. The lowest BCUT2D eigenvalue weighted by molar-refractivity contribution is 0.282. The lowest BCUT2D eigenvalue weighted by Crippen LogP contribution is -2.04. The van der Waals surface area contributed by atoms with Gasteiger partial charge in [0.15, 0.2) is 0 Å². The number of aliphatic hydroxyl groups excluding tert-OH is 1. The third kappa shape index (κ3) is 3.01. The van der Waals surface area contributed by atoms with Crippen LogP contribution < -0.4 is 0 Å². The number of rotatable bonds is 8. The zero-order chi connectivity index (χ0) is 15.4. The van der Waals surface area contributed by atoms with Gasteiger partial charge in [-0.15, -0.1) is 11.3 Å². The van der Waals surface area contributed by atoms with Crippen LogP contribution in [0.3, 0.4) is 0 Å². The first-order valence-electron chi connectivity index (χ1n) is 8.17. The number of thiophene rings is 1. The van der Waals surface area contributed by atoms with Gasteiger partial charge < -0.3 is 9.67 Å². The first-order valence-corrected chi connectivity index (χ1v) is 9.05. The van der Waals surface area contributed by atoms with Crippen LogP contribution in [0.1, 0.15) is 44.9 Å². The molecule has 3 rings (SSSR count). The van der Waals surface area contributed by atoms with Gasteiger partial charge in [0.2, 0.25) is 0 Å². The Kier molecular flexibility index (Phi) is 5.05. The van der Waals surface area contributed by atoms with Crippen molar-refractivity contribution in [1.29, 1.82) is 0 Å². The Bertz CT molecular complexity index is 747. The molecule has 22 heavy (non-hydrogen) atoms. The second-order valence-corrected chi connectivity index (χ2v) is 6.61. The fourth-order valence-electron chi connectivity index (χ4n) is 2.89. The first kappa shape index (κ1) is 15.4. The number of hydrogen-bond donors (Lipinski definition) is 1. The molecule has 0 saturated carbocycles. The van der Waals surface area contributed by atoms with Crippen LogP contribution in [0.2, 0.25) is 0 Å². The molecule has 0 radical (unpaired) electrons. The van der Waals surface area contributed by atoms with Gasteiger partial charge in [-0.3, -0.25) is 4.98 Å². The number of unbranched alkanes of at least 4 members (excludes halogenated alkanes) is 3. The number of aliphatic hydroxyl groups is 1. The largest absolute Gasteiger partial charge is 0.396 e. The smallest absolute Gasteiger partial charge is 0.109 e. The average molecular weight is 317 g/mol. The van der Waals surface area contributed by atoms with Gasteiger partial charge in [0.05, 0.1) is 21.9 Å². The zero-order valence-corrected chi connectivity index (χ0v) is 13.9. The van der Waals surface area contributed by atoms with Crippen molar-refractivity contribution in [2.75, 3.05) is 6.61 Å². The predicted octanol–water partition coefficient (Wildman–Crippen LogP) is 4.15. The molecule has 0 aromatic carbocycles. The van der Waals surface area contributed by atoms with E-state index in [4.69, 9.17) is 10.1 Å². The molecular formula is C17H23N3OS. The van der Waals surface area contributed by atoms with Gasteiger partial charge in [0, 0.05) is 19.6 Å². The molecule has 0 bridgehead atoms. The minimum atomic E-state index is 0.284. The summed E-state index contributed by atoms with van der Waals surface area (Å²) in [6.07, 6.45) is 8.30. The van der Waals surface area contributed by atoms with Crippen molar-refractivity contribution in [2.24, 2.45) is 0 Å². The summed E-state index contributed by atoms with van der Waals surface area (Å²) in [4.78, 5) is 9.35. The van der Waals surface area contributed by atoms with E-state index in [0.29, 0.717) is 0 Å². The zero-order valence-electron chi connectivity index (χ0n) is 13.1. The van der Waals surface area contributed by atoms with E-state index < -0.39 is 0 Å². The van der Waals surface area contributed by atoms with Gasteiger partial charge in [-0.2, -0.15) is 0 Å². The lowest BCUT2D eigenvalue weighted by atomic mass is 10.2.